The van der Waals surface area contributed by atoms with Gasteiger partial charge in [-0.15, -0.1) is 6.58 Å². The maximum absolute atomic E-state index is 11.1. The average Bonchev–Trinajstić information content (AvgIpc) is 2.68. The van der Waals surface area contributed by atoms with E-state index in [4.69, 9.17) is 27.5 Å². The minimum atomic E-state index is -3.15. The van der Waals surface area contributed by atoms with E-state index in [1.54, 1.807) is 27.0 Å². The monoisotopic (exact) mass is 464 g/mol. The highest BCUT2D eigenvalue weighted by Gasteiger charge is 2.46. The molecule has 0 amide bonds. The third-order valence-corrected chi connectivity index (χ3v) is 10.3. The predicted molar refractivity (Wildman–Crippen MR) is 117 cm³/mol. The molecule has 174 valence electrons. The van der Waals surface area contributed by atoms with E-state index in [-0.39, 0.29) is 16.2 Å². The summed E-state index contributed by atoms with van der Waals surface area (Å²) in [6, 6.07) is 0. The molecule has 11 heteroatoms. The molecule has 0 aliphatic rings. The Balaban J connectivity index is 0. The van der Waals surface area contributed by atoms with Crippen LogP contribution in [-0.2, 0) is 41.9 Å². The second kappa shape index (κ2) is 17.4. The molecule has 0 fully saturated rings. The van der Waals surface area contributed by atoms with Crippen molar-refractivity contribution in [3.63, 3.8) is 0 Å². The minimum Gasteiger partial charge on any atom is -0.382 e. The van der Waals surface area contributed by atoms with E-state index in [0.717, 1.165) is 0 Å². The molecule has 0 saturated carbocycles. The molecule has 0 bridgehead atoms. The second-order valence-corrected chi connectivity index (χ2v) is 12.6. The number of carbonyl (C=O) groups is 3. The Kier molecular flexibility index (Phi) is 17.9. The molecular formula is C19H36O9Si2. The molecule has 0 unspecified atom stereocenters. The first kappa shape index (κ1) is 30.9. The van der Waals surface area contributed by atoms with Crippen molar-refractivity contribution >= 4 is 33.1 Å². The molecule has 0 atom stereocenters. The van der Waals surface area contributed by atoms with Gasteiger partial charge in [-0.2, -0.15) is 0 Å². The van der Waals surface area contributed by atoms with Gasteiger partial charge in [-0.25, -0.2) is 0 Å². The fraction of sp³-hybridized carbons (Fsp3) is 0.632. The number of carbonyl (C=O) groups excluding carboxylic acids is 3. The normalized spacial score (nSPS) is 11.3. The van der Waals surface area contributed by atoms with Crippen LogP contribution in [0.1, 0.15) is 20.8 Å². The molecule has 0 N–H and O–H groups in total. The number of methoxy groups -OCH3 is 3. The van der Waals surface area contributed by atoms with Crippen LogP contribution in [0.25, 0.3) is 0 Å². The van der Waals surface area contributed by atoms with E-state index in [1.807, 2.05) is 0 Å². The maximum Gasteiger partial charge on any atom is 0.529 e. The van der Waals surface area contributed by atoms with E-state index in [2.05, 4.69) is 13.2 Å². The van der Waals surface area contributed by atoms with Crippen molar-refractivity contribution in [2.24, 2.45) is 0 Å². The van der Waals surface area contributed by atoms with Crippen molar-refractivity contribution in [2.45, 2.75) is 20.8 Å². The molecule has 0 aromatic rings. The highest BCUT2D eigenvalue weighted by atomic mass is 28.4. The summed E-state index contributed by atoms with van der Waals surface area (Å²) in [5.41, 5.74) is 2.86. The van der Waals surface area contributed by atoms with Crippen LogP contribution in [0.3, 0.4) is 0 Å². The number of rotatable bonds is 17. The summed E-state index contributed by atoms with van der Waals surface area (Å²) >= 11 is 0. The second-order valence-electron chi connectivity index (χ2n) is 6.01. The molecule has 0 aromatic heterocycles. The van der Waals surface area contributed by atoms with E-state index < -0.39 is 16.9 Å². The van der Waals surface area contributed by atoms with Gasteiger partial charge < -0.3 is 41.9 Å². The lowest BCUT2D eigenvalue weighted by Crippen LogP contribution is -2.55. The Hall–Kier alpha value is -1.32. The van der Waals surface area contributed by atoms with Gasteiger partial charge in [0.25, 0.3) is 8.07 Å². The molecule has 30 heavy (non-hydrogen) atoms. The van der Waals surface area contributed by atoms with E-state index >= 15 is 0 Å². The van der Waals surface area contributed by atoms with E-state index in [0.29, 0.717) is 39.6 Å². The number of hydrogen-bond acceptors (Lipinski definition) is 9. The molecule has 0 aliphatic carbocycles. The van der Waals surface area contributed by atoms with Gasteiger partial charge >= 0.3 is 8.80 Å². The van der Waals surface area contributed by atoms with Crippen molar-refractivity contribution in [3.05, 3.63) is 24.6 Å². The third kappa shape index (κ3) is 10.6. The smallest absolute Gasteiger partial charge is 0.382 e. The van der Waals surface area contributed by atoms with Gasteiger partial charge in [-0.1, -0.05) is 12.3 Å². The highest BCUT2D eigenvalue weighted by molar-refractivity contribution is 7.42. The molecule has 0 spiro atoms. The topological polar surface area (TPSA) is 107 Å². The molecule has 0 aliphatic heterocycles. The summed E-state index contributed by atoms with van der Waals surface area (Å²) in [5.74, 6) is 0. The Labute approximate surface area is 181 Å². The Bertz CT molecular complexity index is 490. The summed E-state index contributed by atoms with van der Waals surface area (Å²) in [6.45, 7) is 13.6. The van der Waals surface area contributed by atoms with Crippen LogP contribution in [0.5, 0.6) is 0 Å². The quantitative estimate of drug-likeness (QED) is 0.232. The number of hydrogen-bond donors (Lipinski definition) is 0. The lowest BCUT2D eigenvalue weighted by Gasteiger charge is -2.26. The summed E-state index contributed by atoms with van der Waals surface area (Å²) in [6.07, 6.45) is 0. The van der Waals surface area contributed by atoms with E-state index in [9.17, 15) is 14.4 Å². The molecule has 0 heterocycles. The van der Waals surface area contributed by atoms with Crippen LogP contribution in [0.4, 0.5) is 0 Å². The summed E-state index contributed by atoms with van der Waals surface area (Å²) < 4.78 is 31.8. The van der Waals surface area contributed by atoms with Crippen molar-refractivity contribution in [2.75, 3.05) is 61.0 Å². The zero-order valence-corrected chi connectivity index (χ0v) is 21.0. The van der Waals surface area contributed by atoms with Gasteiger partial charge in [0.2, 0.25) is 0 Å². The van der Waals surface area contributed by atoms with Gasteiger partial charge in [0.15, 0.2) is 0 Å². The summed E-state index contributed by atoms with van der Waals surface area (Å²) in [5, 5.41) is -1.01. The summed E-state index contributed by atoms with van der Waals surface area (Å²) in [4.78, 5) is 33.4. The van der Waals surface area contributed by atoms with Crippen LogP contribution in [0.15, 0.2) is 24.6 Å². The van der Waals surface area contributed by atoms with Crippen LogP contribution < -0.4 is 0 Å². The van der Waals surface area contributed by atoms with E-state index in [1.165, 1.54) is 26.5 Å². The fourth-order valence-electron chi connectivity index (χ4n) is 2.28. The first-order chi connectivity index (χ1) is 14.1. The number of ether oxygens (including phenoxy) is 3. The predicted octanol–water partition coefficient (Wildman–Crippen LogP) is 1.18. The van der Waals surface area contributed by atoms with Gasteiger partial charge in [0.1, 0.15) is 16.2 Å². The standard InChI is InChI=1S/C11H24O6Si.C8H12O3Si/c1-5-18(15-9-6-12-2,16-10-7-13-3)17-11-8-14-4;1-5-12(6(2)9,7(3)10)8(4)11/h5H,1,6-11H2,2-4H3;5H,1H2,2-4H3. The first-order valence-corrected chi connectivity index (χ1v) is 13.2. The average molecular weight is 465 g/mol. The molecule has 0 radical (unpaired) electrons. The van der Waals surface area contributed by atoms with Crippen molar-refractivity contribution in [1.82, 2.24) is 0 Å². The van der Waals surface area contributed by atoms with Gasteiger partial charge in [-0.3, -0.25) is 0 Å². The molecule has 0 aromatic carbocycles. The van der Waals surface area contributed by atoms with Gasteiger partial charge in [0, 0.05) is 21.3 Å². The zero-order chi connectivity index (χ0) is 23.6. The highest BCUT2D eigenvalue weighted by Crippen LogP contribution is 2.11. The SMILES string of the molecule is C=C[Si](C(C)=O)(C(C)=O)C(C)=O.C=C[Si](OCCOC)(OCCOC)OCCOC. The zero-order valence-electron chi connectivity index (χ0n) is 19.0. The Morgan fingerprint density at radius 2 is 0.933 bits per heavy atom. The molecule has 0 saturated heterocycles. The third-order valence-electron chi connectivity index (χ3n) is 3.99. The maximum atomic E-state index is 11.1. The fourth-order valence-corrected chi connectivity index (χ4v) is 6.34. The molecule has 0 rings (SSSR count). The molecular weight excluding hydrogens is 428 g/mol. The van der Waals surface area contributed by atoms with Crippen LogP contribution in [0, 0.1) is 0 Å². The van der Waals surface area contributed by atoms with Gasteiger partial charge in [0.05, 0.1) is 39.6 Å². The van der Waals surface area contributed by atoms with Crippen molar-refractivity contribution in [3.8, 4) is 0 Å². The van der Waals surface area contributed by atoms with Crippen molar-refractivity contribution < 1.29 is 41.9 Å². The van der Waals surface area contributed by atoms with Crippen molar-refractivity contribution in [1.29, 1.82) is 0 Å². The summed E-state index contributed by atoms with van der Waals surface area (Å²) in [7, 11) is -1.18. The van der Waals surface area contributed by atoms with Crippen LogP contribution in [0.2, 0.25) is 0 Å². The molecule has 9 nitrogen and oxygen atoms in total. The lowest BCUT2D eigenvalue weighted by molar-refractivity contribution is -0.117. The Morgan fingerprint density at radius 3 is 1.07 bits per heavy atom. The minimum absolute atomic E-state index is 0.336. The van der Waals surface area contributed by atoms with Crippen LogP contribution in [-0.4, -0.2) is 94.1 Å². The van der Waals surface area contributed by atoms with Gasteiger partial charge in [-0.05, 0) is 26.5 Å². The Morgan fingerprint density at radius 1 is 0.633 bits per heavy atom. The first-order valence-electron chi connectivity index (χ1n) is 9.33. The lowest BCUT2D eigenvalue weighted by atomic mass is 10.8. The largest absolute Gasteiger partial charge is 0.529 e. The van der Waals surface area contributed by atoms with Crippen LogP contribution >= 0.6 is 0 Å².